The maximum Gasteiger partial charge on any atom is 0.333 e. The minimum atomic E-state index is -4.12. The number of rotatable bonds is 6. The highest BCUT2D eigenvalue weighted by atomic mass is 32.2. The quantitative estimate of drug-likeness (QED) is 0.734. The molecule has 1 heterocycles. The molecule has 156 valence electrons. The van der Waals surface area contributed by atoms with Crippen LogP contribution in [-0.2, 0) is 10.0 Å². The van der Waals surface area contributed by atoms with Crippen LogP contribution in [-0.4, -0.2) is 24.2 Å². The van der Waals surface area contributed by atoms with Crippen molar-refractivity contribution in [1.82, 2.24) is 14.5 Å². The first-order chi connectivity index (χ1) is 13.5. The Morgan fingerprint density at radius 1 is 1.10 bits per heavy atom. The summed E-state index contributed by atoms with van der Waals surface area (Å²) in [6.45, 7) is 11.5. The molecule has 0 saturated carbocycles. The maximum absolute atomic E-state index is 12.5. The van der Waals surface area contributed by atoms with Crippen LogP contribution in [0.4, 0.5) is 10.5 Å². The normalized spacial score (nSPS) is 11.7. The summed E-state index contributed by atoms with van der Waals surface area (Å²) >= 11 is 0. The van der Waals surface area contributed by atoms with Gasteiger partial charge >= 0.3 is 6.03 Å². The van der Waals surface area contributed by atoms with E-state index >= 15 is 0 Å². The molecule has 0 spiro atoms. The molecular formula is C20H27N5O3S. The number of sulfonamides is 1. The Morgan fingerprint density at radius 2 is 1.66 bits per heavy atom. The van der Waals surface area contributed by atoms with Crippen LogP contribution in [0.1, 0.15) is 76.1 Å². The van der Waals surface area contributed by atoms with Gasteiger partial charge in [-0.3, -0.25) is 4.68 Å². The van der Waals surface area contributed by atoms with Crippen LogP contribution >= 0.6 is 0 Å². The summed E-state index contributed by atoms with van der Waals surface area (Å²) in [5, 5.41) is 15.8. The molecule has 1 aromatic heterocycles. The number of anilines is 1. The summed E-state index contributed by atoms with van der Waals surface area (Å²) in [6, 6.07) is 6.02. The summed E-state index contributed by atoms with van der Waals surface area (Å²) in [7, 11) is -4.12. The second-order valence-electron chi connectivity index (χ2n) is 7.74. The topological polar surface area (TPSA) is 117 Å². The van der Waals surface area contributed by atoms with Gasteiger partial charge in [0.15, 0.2) is 5.03 Å². The molecule has 1 aromatic carbocycles. The molecule has 0 fully saturated rings. The lowest BCUT2D eigenvalue weighted by atomic mass is 9.90. The molecule has 0 unspecified atom stereocenters. The fourth-order valence-electron chi connectivity index (χ4n) is 2.87. The van der Waals surface area contributed by atoms with E-state index in [0.717, 1.165) is 11.1 Å². The first kappa shape index (κ1) is 22.4. The third-order valence-electron chi connectivity index (χ3n) is 4.43. The Morgan fingerprint density at radius 3 is 2.07 bits per heavy atom. The molecule has 9 heteroatoms. The molecule has 0 aliphatic rings. The van der Waals surface area contributed by atoms with E-state index in [-0.39, 0.29) is 22.9 Å². The fraction of sp³-hybridized carbons (Fsp3) is 0.450. The number of urea groups is 1. The molecule has 2 rings (SSSR count). The number of nitriles is 1. The number of nitrogens with one attached hydrogen (secondary N) is 2. The van der Waals surface area contributed by atoms with E-state index in [2.05, 4.69) is 16.5 Å². The van der Waals surface area contributed by atoms with Gasteiger partial charge in [-0.1, -0.05) is 27.7 Å². The number of hydrogen-bond donors (Lipinski definition) is 2. The van der Waals surface area contributed by atoms with Crippen LogP contribution in [0.2, 0.25) is 0 Å². The van der Waals surface area contributed by atoms with E-state index in [4.69, 9.17) is 0 Å². The number of carbonyl (C=O) groups is 1. The van der Waals surface area contributed by atoms with E-state index < -0.39 is 16.1 Å². The zero-order valence-corrected chi connectivity index (χ0v) is 18.3. The molecule has 0 bridgehead atoms. The van der Waals surface area contributed by atoms with E-state index in [1.54, 1.807) is 18.3 Å². The summed E-state index contributed by atoms with van der Waals surface area (Å²) in [6.07, 6.45) is 1.55. The highest BCUT2D eigenvalue weighted by Crippen LogP contribution is 2.34. The van der Waals surface area contributed by atoms with Crippen LogP contribution in [0.15, 0.2) is 29.4 Å². The first-order valence-electron chi connectivity index (χ1n) is 9.43. The van der Waals surface area contributed by atoms with Crippen molar-refractivity contribution in [3.05, 3.63) is 41.1 Å². The van der Waals surface area contributed by atoms with Crippen molar-refractivity contribution >= 4 is 21.7 Å². The molecule has 8 nitrogen and oxygen atoms in total. The number of hydrogen-bond acceptors (Lipinski definition) is 5. The highest BCUT2D eigenvalue weighted by Gasteiger charge is 2.23. The number of aromatic nitrogens is 2. The zero-order chi connectivity index (χ0) is 21.9. The summed E-state index contributed by atoms with van der Waals surface area (Å²) in [5.41, 5.74) is 2.55. The van der Waals surface area contributed by atoms with Crippen LogP contribution in [0.25, 0.3) is 0 Å². The van der Waals surface area contributed by atoms with Crippen molar-refractivity contribution in [3.8, 4) is 6.07 Å². The maximum atomic E-state index is 12.5. The van der Waals surface area contributed by atoms with Crippen molar-refractivity contribution in [2.75, 3.05) is 5.32 Å². The van der Waals surface area contributed by atoms with E-state index in [9.17, 15) is 18.5 Å². The summed E-state index contributed by atoms with van der Waals surface area (Å²) in [5.74, 6) is 0.0453. The second kappa shape index (κ2) is 8.66. The lowest BCUT2D eigenvalue weighted by molar-refractivity contribution is 0.256. The summed E-state index contributed by atoms with van der Waals surface area (Å²) in [4.78, 5) is 12.5. The van der Waals surface area contributed by atoms with Gasteiger partial charge in [-0.15, -0.1) is 0 Å². The average molecular weight is 418 g/mol. The molecule has 0 saturated heterocycles. The van der Waals surface area contributed by atoms with Crippen molar-refractivity contribution in [2.45, 2.75) is 64.4 Å². The third-order valence-corrected chi connectivity index (χ3v) is 5.65. The monoisotopic (exact) mass is 417 g/mol. The number of nitrogens with zero attached hydrogens (tertiary/aromatic N) is 3. The average Bonchev–Trinajstić information content (AvgIpc) is 3.12. The van der Waals surface area contributed by atoms with Crippen LogP contribution in [0.3, 0.4) is 0 Å². The van der Waals surface area contributed by atoms with Gasteiger partial charge in [0.05, 0.1) is 11.6 Å². The molecule has 29 heavy (non-hydrogen) atoms. The molecule has 0 radical (unpaired) electrons. The van der Waals surface area contributed by atoms with Crippen LogP contribution in [0.5, 0.6) is 0 Å². The molecule has 0 aliphatic heterocycles. The second-order valence-corrected chi connectivity index (χ2v) is 9.37. The number of amides is 2. The molecular weight excluding hydrogens is 390 g/mol. The van der Waals surface area contributed by atoms with E-state index in [1.807, 2.05) is 46.3 Å². The Hall–Kier alpha value is -2.86. The predicted molar refractivity (Wildman–Crippen MR) is 111 cm³/mol. The van der Waals surface area contributed by atoms with Gasteiger partial charge in [-0.2, -0.15) is 18.8 Å². The van der Waals surface area contributed by atoms with Gasteiger partial charge < -0.3 is 5.32 Å². The summed E-state index contributed by atoms with van der Waals surface area (Å²) < 4.78 is 28.5. The van der Waals surface area contributed by atoms with Gasteiger partial charge in [0.2, 0.25) is 0 Å². The van der Waals surface area contributed by atoms with E-state index in [1.165, 1.54) is 10.7 Å². The Balaban J connectivity index is 2.35. The third kappa shape index (κ3) is 5.15. The standard InChI is InChI=1S/C20H27N5O3S/c1-12(2)16-9-15(11-21)10-17(13(3)4)19(16)22-20(26)24-29(27,28)18-7-8-25(23-18)14(5)6/h7-10,12-14H,1-6H3,(H2,22,24,26). The van der Waals surface area contributed by atoms with Crippen molar-refractivity contribution in [2.24, 2.45) is 0 Å². The fourth-order valence-corrected chi connectivity index (χ4v) is 3.71. The smallest absolute Gasteiger partial charge is 0.307 e. The zero-order valence-electron chi connectivity index (χ0n) is 17.5. The lowest BCUT2D eigenvalue weighted by Crippen LogP contribution is -2.35. The molecule has 2 aromatic rings. The highest BCUT2D eigenvalue weighted by molar-refractivity contribution is 7.90. The number of carbonyl (C=O) groups excluding carboxylic acids is 1. The Kier molecular flexibility index (Phi) is 6.69. The molecule has 2 amide bonds. The van der Waals surface area contributed by atoms with Gasteiger partial charge in [-0.05, 0) is 55.0 Å². The van der Waals surface area contributed by atoms with Gasteiger partial charge in [0, 0.05) is 17.9 Å². The first-order valence-corrected chi connectivity index (χ1v) is 10.9. The minimum absolute atomic E-state index is 0.00590. The van der Waals surface area contributed by atoms with Gasteiger partial charge in [0.1, 0.15) is 0 Å². The van der Waals surface area contributed by atoms with Gasteiger partial charge in [-0.25, -0.2) is 9.52 Å². The van der Waals surface area contributed by atoms with Gasteiger partial charge in [0.25, 0.3) is 10.0 Å². The molecule has 0 atom stereocenters. The van der Waals surface area contributed by atoms with Crippen LogP contribution in [0, 0.1) is 11.3 Å². The van der Waals surface area contributed by atoms with Crippen LogP contribution < -0.4 is 10.0 Å². The minimum Gasteiger partial charge on any atom is -0.307 e. The Labute approximate surface area is 172 Å². The largest absolute Gasteiger partial charge is 0.333 e. The predicted octanol–water partition coefficient (Wildman–Crippen LogP) is 4.09. The SMILES string of the molecule is CC(C)c1cc(C#N)cc(C(C)C)c1NC(=O)NS(=O)(=O)c1ccn(C(C)C)n1. The van der Waals surface area contributed by atoms with Crippen molar-refractivity contribution in [1.29, 1.82) is 5.26 Å². The molecule has 0 aliphatic carbocycles. The number of benzene rings is 1. The Bertz CT molecular complexity index is 1020. The lowest BCUT2D eigenvalue weighted by Gasteiger charge is -2.21. The van der Waals surface area contributed by atoms with Crippen molar-refractivity contribution in [3.63, 3.8) is 0 Å². The molecule has 2 N–H and O–H groups in total. The van der Waals surface area contributed by atoms with Crippen molar-refractivity contribution < 1.29 is 13.2 Å². The van der Waals surface area contributed by atoms with E-state index in [0.29, 0.717) is 11.3 Å².